The molecular formula is C15H32O5Si. The van der Waals surface area contributed by atoms with Gasteiger partial charge in [0.15, 0.2) is 6.29 Å². The Balaban J connectivity index is 2.59. The van der Waals surface area contributed by atoms with Crippen LogP contribution in [0.2, 0.25) is 6.04 Å². The number of epoxide rings is 1. The van der Waals surface area contributed by atoms with E-state index >= 15 is 0 Å². The van der Waals surface area contributed by atoms with Gasteiger partial charge in [-0.15, -0.1) is 0 Å². The summed E-state index contributed by atoms with van der Waals surface area (Å²) >= 11 is 0. The lowest BCUT2D eigenvalue weighted by atomic mass is 10.4. The monoisotopic (exact) mass is 320 g/mol. The predicted molar refractivity (Wildman–Crippen MR) is 84.2 cm³/mol. The summed E-state index contributed by atoms with van der Waals surface area (Å²) in [7, 11) is -2.64. The second kappa shape index (κ2) is 10.7. The molecule has 0 aromatic carbocycles. The Labute approximate surface area is 130 Å². The SMILES string of the molecule is CCCO[Si](CCC)(OCCC)OC(CC)OCC1CO1. The molecule has 0 saturated carbocycles. The maximum Gasteiger partial charge on any atom is 0.502 e. The van der Waals surface area contributed by atoms with Crippen molar-refractivity contribution in [3.8, 4) is 0 Å². The van der Waals surface area contributed by atoms with E-state index in [0.717, 1.165) is 38.3 Å². The van der Waals surface area contributed by atoms with Gasteiger partial charge in [-0.2, -0.15) is 0 Å². The molecule has 2 atom stereocenters. The predicted octanol–water partition coefficient (Wildman–Crippen LogP) is 3.36. The van der Waals surface area contributed by atoms with Crippen LogP contribution in [-0.2, 0) is 22.8 Å². The van der Waals surface area contributed by atoms with Gasteiger partial charge in [-0.05, 0) is 19.3 Å². The molecule has 2 unspecified atom stereocenters. The van der Waals surface area contributed by atoms with Gasteiger partial charge >= 0.3 is 8.80 Å². The molecule has 1 fully saturated rings. The van der Waals surface area contributed by atoms with E-state index in [2.05, 4.69) is 27.7 Å². The fraction of sp³-hybridized carbons (Fsp3) is 1.00. The molecule has 1 heterocycles. The van der Waals surface area contributed by atoms with Gasteiger partial charge in [-0.1, -0.05) is 34.1 Å². The second-order valence-corrected chi connectivity index (χ2v) is 8.05. The molecule has 1 saturated heterocycles. The van der Waals surface area contributed by atoms with Crippen LogP contribution in [0, 0.1) is 0 Å². The van der Waals surface area contributed by atoms with Crippen LogP contribution in [0.3, 0.4) is 0 Å². The molecule has 0 aromatic heterocycles. The molecule has 0 amide bonds. The molecular weight excluding hydrogens is 288 g/mol. The van der Waals surface area contributed by atoms with Gasteiger partial charge < -0.3 is 22.8 Å². The Hall–Kier alpha value is 0.0169. The van der Waals surface area contributed by atoms with Gasteiger partial charge in [0.05, 0.1) is 13.2 Å². The van der Waals surface area contributed by atoms with Crippen LogP contribution in [-0.4, -0.2) is 47.6 Å². The summed E-state index contributed by atoms with van der Waals surface area (Å²) in [6, 6.07) is 0.840. The largest absolute Gasteiger partial charge is 0.502 e. The average Bonchev–Trinajstić information content (AvgIpc) is 3.31. The third-order valence-corrected chi connectivity index (χ3v) is 6.15. The lowest BCUT2D eigenvalue weighted by Gasteiger charge is -2.32. The third-order valence-electron chi connectivity index (χ3n) is 3.12. The zero-order valence-corrected chi connectivity index (χ0v) is 15.1. The van der Waals surface area contributed by atoms with E-state index in [-0.39, 0.29) is 12.4 Å². The number of ether oxygens (including phenoxy) is 2. The van der Waals surface area contributed by atoms with E-state index in [1.807, 2.05) is 0 Å². The summed E-state index contributed by atoms with van der Waals surface area (Å²) in [5, 5.41) is 0. The molecule has 126 valence electrons. The maximum absolute atomic E-state index is 6.23. The summed E-state index contributed by atoms with van der Waals surface area (Å²) in [5.41, 5.74) is 0. The Kier molecular flexibility index (Phi) is 9.71. The van der Waals surface area contributed by atoms with Gasteiger partial charge in [0.2, 0.25) is 0 Å². The minimum absolute atomic E-state index is 0.248. The first-order valence-corrected chi connectivity index (χ1v) is 10.3. The lowest BCUT2D eigenvalue weighted by Crippen LogP contribution is -2.49. The van der Waals surface area contributed by atoms with Crippen LogP contribution in [0.15, 0.2) is 0 Å². The van der Waals surface area contributed by atoms with Gasteiger partial charge in [0, 0.05) is 19.3 Å². The van der Waals surface area contributed by atoms with Crippen molar-refractivity contribution in [2.75, 3.05) is 26.4 Å². The van der Waals surface area contributed by atoms with Crippen molar-refractivity contribution in [1.29, 1.82) is 0 Å². The quantitative estimate of drug-likeness (QED) is 0.279. The third kappa shape index (κ3) is 7.72. The zero-order valence-electron chi connectivity index (χ0n) is 14.1. The van der Waals surface area contributed by atoms with E-state index in [9.17, 15) is 0 Å². The molecule has 1 rings (SSSR count). The second-order valence-electron chi connectivity index (χ2n) is 5.37. The average molecular weight is 321 g/mol. The fourth-order valence-electron chi connectivity index (χ4n) is 1.95. The first-order valence-electron chi connectivity index (χ1n) is 8.38. The smallest absolute Gasteiger partial charge is 0.373 e. The van der Waals surface area contributed by atoms with Crippen molar-refractivity contribution in [3.63, 3.8) is 0 Å². The Morgan fingerprint density at radius 2 is 1.67 bits per heavy atom. The molecule has 0 N–H and O–H groups in total. The normalized spacial score (nSPS) is 19.7. The van der Waals surface area contributed by atoms with E-state index in [4.69, 9.17) is 22.8 Å². The van der Waals surface area contributed by atoms with Crippen molar-refractivity contribution in [2.24, 2.45) is 0 Å². The molecule has 0 aromatic rings. The van der Waals surface area contributed by atoms with Crippen LogP contribution in [0.5, 0.6) is 0 Å². The molecule has 6 heteroatoms. The van der Waals surface area contributed by atoms with E-state index < -0.39 is 8.80 Å². The van der Waals surface area contributed by atoms with Gasteiger partial charge in [-0.3, -0.25) is 0 Å². The van der Waals surface area contributed by atoms with Gasteiger partial charge in [-0.25, -0.2) is 0 Å². The first kappa shape index (κ1) is 19.1. The number of hydrogen-bond acceptors (Lipinski definition) is 5. The minimum atomic E-state index is -2.64. The Morgan fingerprint density at radius 3 is 2.10 bits per heavy atom. The number of hydrogen-bond donors (Lipinski definition) is 0. The Morgan fingerprint density at radius 1 is 1.05 bits per heavy atom. The van der Waals surface area contributed by atoms with Crippen LogP contribution < -0.4 is 0 Å². The van der Waals surface area contributed by atoms with Crippen LogP contribution in [0.25, 0.3) is 0 Å². The highest BCUT2D eigenvalue weighted by atomic mass is 28.4. The molecule has 5 nitrogen and oxygen atoms in total. The summed E-state index contributed by atoms with van der Waals surface area (Å²) in [6.45, 7) is 11.1. The van der Waals surface area contributed by atoms with E-state index in [1.54, 1.807) is 0 Å². The van der Waals surface area contributed by atoms with E-state index in [1.165, 1.54) is 0 Å². The van der Waals surface area contributed by atoms with E-state index in [0.29, 0.717) is 19.8 Å². The van der Waals surface area contributed by atoms with Crippen molar-refractivity contribution < 1.29 is 22.8 Å². The van der Waals surface area contributed by atoms with Crippen LogP contribution in [0.4, 0.5) is 0 Å². The molecule has 0 spiro atoms. The van der Waals surface area contributed by atoms with Crippen LogP contribution >= 0.6 is 0 Å². The highest BCUT2D eigenvalue weighted by Gasteiger charge is 2.42. The summed E-state index contributed by atoms with van der Waals surface area (Å²) in [5.74, 6) is 0. The molecule has 0 bridgehead atoms. The van der Waals surface area contributed by atoms with Crippen molar-refractivity contribution >= 4 is 8.80 Å². The Bertz CT molecular complexity index is 252. The fourth-order valence-corrected chi connectivity index (χ4v) is 4.85. The standard InChI is InChI=1S/C15H32O5Si/c1-5-9-18-21(11-7-3,19-10-6-2)20-15(8-4)17-13-14-12-16-14/h14-15H,5-13H2,1-4H3. The molecule has 21 heavy (non-hydrogen) atoms. The van der Waals surface area contributed by atoms with Gasteiger partial charge in [0.1, 0.15) is 6.10 Å². The lowest BCUT2D eigenvalue weighted by molar-refractivity contribution is -0.124. The molecule has 1 aliphatic rings. The highest BCUT2D eigenvalue weighted by molar-refractivity contribution is 6.60. The topological polar surface area (TPSA) is 49.5 Å². The summed E-state index contributed by atoms with van der Waals surface area (Å²) in [6.07, 6.45) is 3.69. The van der Waals surface area contributed by atoms with Crippen LogP contribution in [0.1, 0.15) is 53.4 Å². The molecule has 0 radical (unpaired) electrons. The first-order chi connectivity index (χ1) is 10.2. The zero-order chi connectivity index (χ0) is 15.6. The minimum Gasteiger partial charge on any atom is -0.373 e. The number of rotatable bonds is 14. The summed E-state index contributed by atoms with van der Waals surface area (Å²) in [4.78, 5) is 0. The molecule has 1 aliphatic heterocycles. The maximum atomic E-state index is 6.23. The van der Waals surface area contributed by atoms with Crippen molar-refractivity contribution in [1.82, 2.24) is 0 Å². The van der Waals surface area contributed by atoms with Gasteiger partial charge in [0.25, 0.3) is 0 Å². The summed E-state index contributed by atoms with van der Waals surface area (Å²) < 4.78 is 29.3. The molecule has 0 aliphatic carbocycles. The van der Waals surface area contributed by atoms with Crippen molar-refractivity contribution in [2.45, 2.75) is 71.8 Å². The highest BCUT2D eigenvalue weighted by Crippen LogP contribution is 2.23. The van der Waals surface area contributed by atoms with Crippen molar-refractivity contribution in [3.05, 3.63) is 0 Å².